The molecule has 0 aromatic heterocycles. The van der Waals surface area contributed by atoms with Crippen molar-refractivity contribution in [2.45, 2.75) is 31.7 Å². The predicted octanol–water partition coefficient (Wildman–Crippen LogP) is 1.51. The van der Waals surface area contributed by atoms with E-state index in [2.05, 4.69) is 4.99 Å². The molecule has 0 spiro atoms. The highest BCUT2D eigenvalue weighted by molar-refractivity contribution is 5.34. The first kappa shape index (κ1) is 6.11. The second kappa shape index (κ2) is 2.21. The third kappa shape index (κ3) is 0.800. The smallest absolute Gasteiger partial charge is 0.211 e. The van der Waals surface area contributed by atoms with Crippen LogP contribution in [0.5, 0.6) is 0 Å². The zero-order valence-electron chi connectivity index (χ0n) is 5.92. The molecule has 2 nitrogen and oxygen atoms in total. The topological polar surface area (TPSA) is 29.4 Å². The van der Waals surface area contributed by atoms with E-state index in [-0.39, 0.29) is 0 Å². The van der Waals surface area contributed by atoms with Crippen molar-refractivity contribution in [3.05, 3.63) is 0 Å². The molecule has 2 aliphatic carbocycles. The minimum atomic E-state index is 0.344. The summed E-state index contributed by atoms with van der Waals surface area (Å²) >= 11 is 0. The Labute approximate surface area is 60.3 Å². The summed E-state index contributed by atoms with van der Waals surface area (Å²) in [6.45, 7) is 0. The first-order chi connectivity index (χ1) is 4.90. The SMILES string of the molecule is O=C=NC1CC2CCC1C2. The lowest BCUT2D eigenvalue weighted by molar-refractivity contribution is 0.417. The molecule has 0 aromatic carbocycles. The molecule has 3 unspecified atom stereocenters. The van der Waals surface area contributed by atoms with E-state index >= 15 is 0 Å². The molecule has 0 heterocycles. The molecule has 0 amide bonds. The minimum absolute atomic E-state index is 0.344. The van der Waals surface area contributed by atoms with E-state index in [4.69, 9.17) is 0 Å². The average Bonchev–Trinajstić information content (AvgIpc) is 2.48. The van der Waals surface area contributed by atoms with Crippen molar-refractivity contribution in [2.75, 3.05) is 0 Å². The molecule has 2 heteroatoms. The van der Waals surface area contributed by atoms with Crippen LogP contribution in [0.2, 0.25) is 0 Å². The standard InChI is InChI=1S/C8H11NO/c10-5-9-8-4-6-1-2-7(8)3-6/h6-8H,1-4H2. The third-order valence-corrected chi connectivity index (χ3v) is 2.92. The molecule has 10 heavy (non-hydrogen) atoms. The fourth-order valence-corrected chi connectivity index (χ4v) is 2.44. The number of hydrogen-bond donors (Lipinski definition) is 0. The molecule has 3 atom stereocenters. The van der Waals surface area contributed by atoms with Gasteiger partial charge in [0.2, 0.25) is 6.08 Å². The van der Waals surface area contributed by atoms with Crippen LogP contribution in [0.25, 0.3) is 0 Å². The Hall–Kier alpha value is -0.620. The maximum atomic E-state index is 9.95. The van der Waals surface area contributed by atoms with E-state index in [0.717, 1.165) is 18.3 Å². The van der Waals surface area contributed by atoms with Crippen LogP contribution in [0, 0.1) is 11.8 Å². The summed E-state index contributed by atoms with van der Waals surface area (Å²) in [5, 5.41) is 0. The van der Waals surface area contributed by atoms with Crippen LogP contribution < -0.4 is 0 Å². The quantitative estimate of drug-likeness (QED) is 0.398. The lowest BCUT2D eigenvalue weighted by Crippen LogP contribution is -2.13. The lowest BCUT2D eigenvalue weighted by atomic mass is 9.96. The van der Waals surface area contributed by atoms with Crippen LogP contribution in [-0.4, -0.2) is 12.1 Å². The summed E-state index contributed by atoms with van der Waals surface area (Å²) in [5.74, 6) is 1.61. The molecule has 2 fully saturated rings. The van der Waals surface area contributed by atoms with E-state index in [1.54, 1.807) is 6.08 Å². The maximum Gasteiger partial charge on any atom is 0.235 e. The van der Waals surface area contributed by atoms with Crippen LogP contribution in [0.15, 0.2) is 4.99 Å². The van der Waals surface area contributed by atoms with E-state index in [1.165, 1.54) is 19.3 Å². The van der Waals surface area contributed by atoms with Gasteiger partial charge in [0.1, 0.15) is 0 Å². The van der Waals surface area contributed by atoms with Gasteiger partial charge in [0.25, 0.3) is 0 Å². The minimum Gasteiger partial charge on any atom is -0.211 e. The van der Waals surface area contributed by atoms with Crippen molar-refractivity contribution < 1.29 is 4.79 Å². The summed E-state index contributed by atoms with van der Waals surface area (Å²) in [4.78, 5) is 13.7. The Bertz CT molecular complexity index is 184. The van der Waals surface area contributed by atoms with E-state index in [9.17, 15) is 4.79 Å². The molecule has 0 radical (unpaired) electrons. The molecule has 0 aromatic rings. The molecule has 0 aliphatic heterocycles. The van der Waals surface area contributed by atoms with Crippen molar-refractivity contribution in [3.63, 3.8) is 0 Å². The average molecular weight is 137 g/mol. The van der Waals surface area contributed by atoms with Gasteiger partial charge >= 0.3 is 0 Å². The molecule has 2 rings (SSSR count). The highest BCUT2D eigenvalue weighted by Gasteiger charge is 2.39. The first-order valence-corrected chi connectivity index (χ1v) is 3.97. The predicted molar refractivity (Wildman–Crippen MR) is 37.4 cm³/mol. The summed E-state index contributed by atoms with van der Waals surface area (Å²) in [6, 6.07) is 0.344. The van der Waals surface area contributed by atoms with Crippen molar-refractivity contribution >= 4 is 6.08 Å². The Morgan fingerprint density at radius 3 is 2.70 bits per heavy atom. The van der Waals surface area contributed by atoms with Crippen LogP contribution in [0.1, 0.15) is 25.7 Å². The summed E-state index contributed by atoms with van der Waals surface area (Å²) in [6.07, 6.45) is 6.80. The molecule has 2 aliphatic rings. The number of carbonyl (C=O) groups excluding carboxylic acids is 1. The van der Waals surface area contributed by atoms with Gasteiger partial charge < -0.3 is 0 Å². The Balaban J connectivity index is 2.08. The Morgan fingerprint density at radius 1 is 1.30 bits per heavy atom. The molecule has 2 bridgehead atoms. The number of isocyanates is 1. The first-order valence-electron chi connectivity index (χ1n) is 3.97. The highest BCUT2D eigenvalue weighted by Crippen LogP contribution is 2.45. The van der Waals surface area contributed by atoms with Gasteiger partial charge in [-0.1, -0.05) is 6.42 Å². The van der Waals surface area contributed by atoms with E-state index in [0.29, 0.717) is 6.04 Å². The lowest BCUT2D eigenvalue weighted by Gasteiger charge is -2.14. The highest BCUT2D eigenvalue weighted by atomic mass is 16.1. The molecule has 0 N–H and O–H groups in total. The second-order valence-electron chi connectivity index (χ2n) is 3.46. The summed E-state index contributed by atoms with van der Waals surface area (Å²) in [7, 11) is 0. The molecule has 54 valence electrons. The summed E-state index contributed by atoms with van der Waals surface area (Å²) < 4.78 is 0. The fourth-order valence-electron chi connectivity index (χ4n) is 2.44. The number of aliphatic imine (C=N–C) groups is 1. The number of rotatable bonds is 1. The molecule has 2 saturated carbocycles. The van der Waals surface area contributed by atoms with Gasteiger partial charge in [-0.25, -0.2) is 9.79 Å². The van der Waals surface area contributed by atoms with Gasteiger partial charge in [-0.15, -0.1) is 0 Å². The maximum absolute atomic E-state index is 9.95. The Morgan fingerprint density at radius 2 is 2.20 bits per heavy atom. The zero-order chi connectivity index (χ0) is 6.97. The third-order valence-electron chi connectivity index (χ3n) is 2.92. The second-order valence-corrected chi connectivity index (χ2v) is 3.46. The van der Waals surface area contributed by atoms with Gasteiger partial charge in [-0.3, -0.25) is 0 Å². The van der Waals surface area contributed by atoms with Gasteiger partial charge in [0.05, 0.1) is 6.04 Å². The van der Waals surface area contributed by atoms with Crippen molar-refractivity contribution in [1.29, 1.82) is 0 Å². The van der Waals surface area contributed by atoms with Crippen LogP contribution >= 0.6 is 0 Å². The number of fused-ring (bicyclic) bond motifs is 2. The normalized spacial score (nSPS) is 43.4. The Kier molecular flexibility index (Phi) is 1.35. The summed E-state index contributed by atoms with van der Waals surface area (Å²) in [5.41, 5.74) is 0. The van der Waals surface area contributed by atoms with Crippen LogP contribution in [0.4, 0.5) is 0 Å². The van der Waals surface area contributed by atoms with Crippen molar-refractivity contribution in [2.24, 2.45) is 16.8 Å². The van der Waals surface area contributed by atoms with E-state index < -0.39 is 0 Å². The molecular formula is C8H11NO. The number of nitrogens with zero attached hydrogens (tertiary/aromatic N) is 1. The molecule has 0 saturated heterocycles. The van der Waals surface area contributed by atoms with Gasteiger partial charge in [0.15, 0.2) is 0 Å². The number of hydrogen-bond acceptors (Lipinski definition) is 2. The largest absolute Gasteiger partial charge is 0.235 e. The van der Waals surface area contributed by atoms with E-state index in [1.807, 2.05) is 0 Å². The zero-order valence-corrected chi connectivity index (χ0v) is 5.92. The fraction of sp³-hybridized carbons (Fsp3) is 0.875. The van der Waals surface area contributed by atoms with Gasteiger partial charge in [0, 0.05) is 0 Å². The van der Waals surface area contributed by atoms with Gasteiger partial charge in [-0.2, -0.15) is 0 Å². The van der Waals surface area contributed by atoms with Crippen molar-refractivity contribution in [3.8, 4) is 0 Å². The van der Waals surface area contributed by atoms with Gasteiger partial charge in [-0.05, 0) is 31.1 Å². The van der Waals surface area contributed by atoms with Crippen LogP contribution in [0.3, 0.4) is 0 Å². The monoisotopic (exact) mass is 137 g/mol. The van der Waals surface area contributed by atoms with Crippen molar-refractivity contribution in [1.82, 2.24) is 0 Å². The molecular weight excluding hydrogens is 126 g/mol. The van der Waals surface area contributed by atoms with Crippen LogP contribution in [-0.2, 0) is 4.79 Å².